The molecular weight excluding hydrogens is 490 g/mol. The number of primary amides is 1. The molecule has 37 heavy (non-hydrogen) atoms. The molecule has 0 aliphatic carbocycles. The third kappa shape index (κ3) is 4.48. The van der Waals surface area contributed by atoms with Gasteiger partial charge >= 0.3 is 0 Å². The molecule has 1 unspecified atom stereocenters. The van der Waals surface area contributed by atoms with E-state index in [9.17, 15) is 13.2 Å². The van der Waals surface area contributed by atoms with Gasteiger partial charge in [0, 0.05) is 35.9 Å². The van der Waals surface area contributed by atoms with E-state index in [2.05, 4.69) is 21.9 Å². The lowest BCUT2D eigenvalue weighted by Crippen LogP contribution is -2.40. The molecule has 1 aliphatic rings. The Bertz CT molecular complexity index is 1620. The van der Waals surface area contributed by atoms with Gasteiger partial charge in [0.2, 0.25) is 15.7 Å². The van der Waals surface area contributed by atoms with Crippen molar-refractivity contribution < 1.29 is 17.9 Å². The topological polar surface area (TPSA) is 128 Å². The molecular formula is C27H27N5O4S. The summed E-state index contributed by atoms with van der Waals surface area (Å²) in [6.45, 7) is 6.81. The number of amides is 1. The van der Waals surface area contributed by atoms with Crippen LogP contribution >= 0.6 is 0 Å². The summed E-state index contributed by atoms with van der Waals surface area (Å²) >= 11 is 0. The van der Waals surface area contributed by atoms with Gasteiger partial charge in [0.1, 0.15) is 16.9 Å². The number of nitrogens with two attached hydrogens (primary N) is 1. The predicted octanol–water partition coefficient (Wildman–Crippen LogP) is 4.37. The fourth-order valence-corrected chi connectivity index (χ4v) is 6.43. The Morgan fingerprint density at radius 1 is 1.05 bits per heavy atom. The molecule has 0 bridgehead atoms. The molecule has 2 N–H and O–H groups in total. The molecule has 4 heterocycles. The summed E-state index contributed by atoms with van der Waals surface area (Å²) in [7, 11) is -4.25. The van der Waals surface area contributed by atoms with Crippen LogP contribution in [-0.4, -0.2) is 41.4 Å². The lowest BCUT2D eigenvalue weighted by atomic mass is 9.97. The Hall–Kier alpha value is -4.05. The SMILES string of the molecule is CC1CN(c2nccc(S(=O)(=O)c3cccc(Oc4cccc5cccnc45)n3)c2C(N)=O)C(C)(C)C1. The van der Waals surface area contributed by atoms with Gasteiger partial charge in [-0.25, -0.2) is 18.4 Å². The van der Waals surface area contributed by atoms with Crippen LogP contribution < -0.4 is 15.4 Å². The second-order valence-electron chi connectivity index (χ2n) is 9.86. The fourth-order valence-electron chi connectivity index (χ4n) is 5.04. The normalized spacial score (nSPS) is 17.2. The number of ether oxygens (including phenoxy) is 1. The van der Waals surface area contributed by atoms with Crippen molar-refractivity contribution in [3.63, 3.8) is 0 Å². The summed E-state index contributed by atoms with van der Waals surface area (Å²) in [6, 6.07) is 14.9. The molecule has 1 saturated heterocycles. The maximum Gasteiger partial charge on any atom is 0.253 e. The maximum atomic E-state index is 13.8. The summed E-state index contributed by atoms with van der Waals surface area (Å²) in [5.41, 5.74) is 5.90. The number of carbonyl (C=O) groups is 1. The van der Waals surface area contributed by atoms with E-state index >= 15 is 0 Å². The third-order valence-corrected chi connectivity index (χ3v) is 8.24. The number of pyridine rings is 3. The summed E-state index contributed by atoms with van der Waals surface area (Å²) in [5, 5.41) is 0.602. The number of hydrogen-bond acceptors (Lipinski definition) is 8. The molecule has 0 spiro atoms. The van der Waals surface area contributed by atoms with Crippen molar-refractivity contribution in [3.8, 4) is 11.6 Å². The molecule has 1 aliphatic heterocycles. The first-order chi connectivity index (χ1) is 17.6. The van der Waals surface area contributed by atoms with Crippen LogP contribution in [0.25, 0.3) is 10.9 Å². The zero-order chi connectivity index (χ0) is 26.4. The van der Waals surface area contributed by atoms with E-state index in [1.54, 1.807) is 18.3 Å². The van der Waals surface area contributed by atoms with E-state index in [0.717, 1.165) is 11.8 Å². The van der Waals surface area contributed by atoms with Crippen LogP contribution in [0.3, 0.4) is 0 Å². The molecule has 1 aromatic carbocycles. The fraction of sp³-hybridized carbons (Fsp3) is 0.259. The van der Waals surface area contributed by atoms with E-state index in [4.69, 9.17) is 10.5 Å². The Morgan fingerprint density at radius 3 is 2.54 bits per heavy atom. The van der Waals surface area contributed by atoms with Crippen LogP contribution in [0, 0.1) is 5.92 Å². The molecule has 4 aromatic rings. The second kappa shape index (κ2) is 9.11. The first-order valence-electron chi connectivity index (χ1n) is 11.9. The summed E-state index contributed by atoms with van der Waals surface area (Å²) in [4.78, 5) is 27.4. The highest BCUT2D eigenvalue weighted by atomic mass is 32.2. The van der Waals surface area contributed by atoms with Crippen molar-refractivity contribution in [3.05, 3.63) is 72.6 Å². The van der Waals surface area contributed by atoms with Gasteiger partial charge in [-0.2, -0.15) is 0 Å². The number of hydrogen-bond donors (Lipinski definition) is 1. The van der Waals surface area contributed by atoms with Crippen molar-refractivity contribution in [2.24, 2.45) is 11.7 Å². The number of sulfone groups is 1. The van der Waals surface area contributed by atoms with Gasteiger partial charge in [-0.3, -0.25) is 9.78 Å². The number of benzene rings is 1. The van der Waals surface area contributed by atoms with Gasteiger partial charge in [-0.05, 0) is 50.5 Å². The van der Waals surface area contributed by atoms with Gasteiger partial charge in [-0.15, -0.1) is 0 Å². The van der Waals surface area contributed by atoms with Crippen molar-refractivity contribution in [2.75, 3.05) is 11.4 Å². The van der Waals surface area contributed by atoms with Crippen LogP contribution in [-0.2, 0) is 9.84 Å². The Kier molecular flexibility index (Phi) is 6.07. The molecule has 10 heteroatoms. The van der Waals surface area contributed by atoms with Crippen molar-refractivity contribution in [1.29, 1.82) is 0 Å². The van der Waals surface area contributed by atoms with Gasteiger partial charge < -0.3 is 15.4 Å². The van der Waals surface area contributed by atoms with Crippen LogP contribution in [0.1, 0.15) is 37.6 Å². The highest BCUT2D eigenvalue weighted by Gasteiger charge is 2.40. The minimum Gasteiger partial charge on any atom is -0.437 e. The number of nitrogens with zero attached hydrogens (tertiary/aromatic N) is 4. The molecule has 0 radical (unpaired) electrons. The molecule has 3 aromatic heterocycles. The van der Waals surface area contributed by atoms with E-state index in [1.165, 1.54) is 24.4 Å². The molecule has 1 atom stereocenters. The van der Waals surface area contributed by atoms with E-state index < -0.39 is 15.7 Å². The zero-order valence-electron chi connectivity index (χ0n) is 20.7. The van der Waals surface area contributed by atoms with E-state index in [0.29, 0.717) is 23.7 Å². The van der Waals surface area contributed by atoms with Gasteiger partial charge in [0.05, 0.1) is 4.90 Å². The molecule has 5 rings (SSSR count). The first-order valence-corrected chi connectivity index (χ1v) is 13.4. The quantitative estimate of drug-likeness (QED) is 0.399. The number of rotatable bonds is 6. The zero-order valence-corrected chi connectivity index (χ0v) is 21.6. The van der Waals surface area contributed by atoms with Crippen molar-refractivity contribution >= 4 is 32.5 Å². The average Bonchev–Trinajstić information content (AvgIpc) is 3.15. The Labute approximate surface area is 215 Å². The molecule has 9 nitrogen and oxygen atoms in total. The lowest BCUT2D eigenvalue weighted by Gasteiger charge is -2.33. The molecule has 0 saturated carbocycles. The predicted molar refractivity (Wildman–Crippen MR) is 139 cm³/mol. The Balaban J connectivity index is 1.57. The highest BCUT2D eigenvalue weighted by molar-refractivity contribution is 7.91. The van der Waals surface area contributed by atoms with E-state index in [1.807, 2.05) is 43.0 Å². The number of fused-ring (bicyclic) bond motifs is 1. The minimum absolute atomic E-state index is 0.0728. The summed E-state index contributed by atoms with van der Waals surface area (Å²) < 4.78 is 33.5. The minimum atomic E-state index is -4.25. The van der Waals surface area contributed by atoms with Crippen LogP contribution in [0.2, 0.25) is 0 Å². The second-order valence-corrected chi connectivity index (χ2v) is 11.7. The van der Waals surface area contributed by atoms with Crippen LogP contribution in [0.15, 0.2) is 76.9 Å². The van der Waals surface area contributed by atoms with Gasteiger partial charge in [-0.1, -0.05) is 31.2 Å². The van der Waals surface area contributed by atoms with Crippen LogP contribution in [0.5, 0.6) is 11.6 Å². The first kappa shape index (κ1) is 24.6. The molecule has 1 amide bonds. The largest absolute Gasteiger partial charge is 0.437 e. The lowest BCUT2D eigenvalue weighted by molar-refractivity contribution is 0.0997. The maximum absolute atomic E-state index is 13.8. The van der Waals surface area contributed by atoms with Gasteiger partial charge in [0.25, 0.3) is 5.91 Å². The number of aromatic nitrogens is 3. The number of para-hydroxylation sites is 1. The van der Waals surface area contributed by atoms with E-state index in [-0.39, 0.29) is 32.7 Å². The Morgan fingerprint density at radius 2 is 1.81 bits per heavy atom. The number of anilines is 1. The van der Waals surface area contributed by atoms with Crippen LogP contribution in [0.4, 0.5) is 5.82 Å². The summed E-state index contributed by atoms with van der Waals surface area (Å²) in [5.74, 6) is 0.249. The monoisotopic (exact) mass is 517 g/mol. The standard InChI is InChI=1S/C27H27N5O4S/c1-17-15-27(2,3)32(16-17)26-23(25(28)33)20(12-14-30-26)37(34,35)22-11-5-10-21(31-22)36-19-9-4-7-18-8-6-13-29-24(18)19/h4-14,17H,15-16H2,1-3H3,(H2,28,33). The third-order valence-electron chi connectivity index (χ3n) is 6.54. The number of carbonyl (C=O) groups excluding carboxylic acids is 1. The average molecular weight is 518 g/mol. The highest BCUT2D eigenvalue weighted by Crippen LogP contribution is 2.39. The van der Waals surface area contributed by atoms with Crippen molar-refractivity contribution in [1.82, 2.24) is 15.0 Å². The summed E-state index contributed by atoms with van der Waals surface area (Å²) in [6.07, 6.45) is 3.90. The molecule has 190 valence electrons. The molecule has 1 fully saturated rings. The smallest absolute Gasteiger partial charge is 0.253 e. The van der Waals surface area contributed by atoms with Crippen molar-refractivity contribution in [2.45, 2.75) is 42.7 Å². The van der Waals surface area contributed by atoms with Gasteiger partial charge in [0.15, 0.2) is 10.8 Å².